The highest BCUT2D eigenvalue weighted by atomic mass is 32.1. The number of carbonyl (C=O) groups is 1. The zero-order valence-electron chi connectivity index (χ0n) is 8.93. The first-order chi connectivity index (χ1) is 7.66. The molecule has 1 N–H and O–H groups in total. The van der Waals surface area contributed by atoms with Crippen LogP contribution in [0.25, 0.3) is 0 Å². The Balaban J connectivity index is 2.07. The molecule has 4 nitrogen and oxygen atoms in total. The van der Waals surface area contributed by atoms with E-state index in [2.05, 4.69) is 15.5 Å². The molecule has 84 valence electrons. The van der Waals surface area contributed by atoms with E-state index in [4.69, 9.17) is 0 Å². The maximum absolute atomic E-state index is 11.7. The van der Waals surface area contributed by atoms with Gasteiger partial charge in [-0.25, -0.2) is 0 Å². The molecule has 2 aromatic heterocycles. The number of anilines is 1. The Labute approximate surface area is 101 Å². The molecule has 0 saturated carbocycles. The molecule has 0 atom stereocenters. The fourth-order valence-electron chi connectivity index (χ4n) is 1.08. The molecule has 0 unspecified atom stereocenters. The van der Waals surface area contributed by atoms with E-state index in [1.165, 1.54) is 22.7 Å². The van der Waals surface area contributed by atoms with Gasteiger partial charge in [0.1, 0.15) is 5.01 Å². The predicted octanol–water partition coefficient (Wildman–Crippen LogP) is 2.98. The number of nitrogens with one attached hydrogen (secondary N) is 1. The average Bonchev–Trinajstić information content (AvgIpc) is 2.87. The average molecular weight is 253 g/mol. The Morgan fingerprint density at radius 3 is 2.81 bits per heavy atom. The summed E-state index contributed by atoms with van der Waals surface area (Å²) in [6, 6.07) is 3.63. The number of hydrogen-bond donors (Lipinski definition) is 1. The Morgan fingerprint density at radius 2 is 2.25 bits per heavy atom. The molecule has 0 spiro atoms. The number of amides is 1. The first-order valence-electron chi connectivity index (χ1n) is 4.85. The zero-order valence-corrected chi connectivity index (χ0v) is 10.6. The van der Waals surface area contributed by atoms with Crippen LogP contribution in [0, 0.1) is 0 Å². The minimum atomic E-state index is -0.124. The monoisotopic (exact) mass is 253 g/mol. The van der Waals surface area contributed by atoms with Gasteiger partial charge < -0.3 is 0 Å². The number of nitrogens with zero attached hydrogens (tertiary/aromatic N) is 2. The van der Waals surface area contributed by atoms with Gasteiger partial charge in [0.25, 0.3) is 5.91 Å². The molecular formula is C10H11N3OS2. The predicted molar refractivity (Wildman–Crippen MR) is 66.3 cm³/mol. The van der Waals surface area contributed by atoms with Gasteiger partial charge in [0.2, 0.25) is 5.13 Å². The SMILES string of the molecule is CC(C)c1nnc(NC(=O)c2cccs2)s1. The summed E-state index contributed by atoms with van der Waals surface area (Å²) in [5.41, 5.74) is 0. The molecule has 16 heavy (non-hydrogen) atoms. The van der Waals surface area contributed by atoms with Crippen LogP contribution in [0.2, 0.25) is 0 Å². The Morgan fingerprint density at radius 1 is 1.44 bits per heavy atom. The highest BCUT2D eigenvalue weighted by Gasteiger charge is 2.12. The third kappa shape index (κ3) is 2.45. The summed E-state index contributed by atoms with van der Waals surface area (Å²) in [6.45, 7) is 4.09. The van der Waals surface area contributed by atoms with Gasteiger partial charge in [-0.2, -0.15) is 0 Å². The Bertz CT molecular complexity index is 476. The first-order valence-corrected chi connectivity index (χ1v) is 6.54. The Kier molecular flexibility index (Phi) is 3.31. The highest BCUT2D eigenvalue weighted by molar-refractivity contribution is 7.15. The third-order valence-corrected chi connectivity index (χ3v) is 3.91. The van der Waals surface area contributed by atoms with E-state index in [1.54, 1.807) is 6.07 Å². The van der Waals surface area contributed by atoms with Crippen LogP contribution in [-0.2, 0) is 0 Å². The van der Waals surface area contributed by atoms with E-state index in [9.17, 15) is 4.79 Å². The van der Waals surface area contributed by atoms with Gasteiger partial charge in [0, 0.05) is 5.92 Å². The maximum Gasteiger partial charge on any atom is 0.267 e. The summed E-state index contributed by atoms with van der Waals surface area (Å²) < 4.78 is 0. The molecule has 0 fully saturated rings. The van der Waals surface area contributed by atoms with Gasteiger partial charge >= 0.3 is 0 Å². The lowest BCUT2D eigenvalue weighted by Gasteiger charge is -1.97. The molecule has 1 amide bonds. The molecule has 2 aromatic rings. The van der Waals surface area contributed by atoms with Crippen LogP contribution in [-0.4, -0.2) is 16.1 Å². The van der Waals surface area contributed by atoms with E-state index >= 15 is 0 Å². The summed E-state index contributed by atoms with van der Waals surface area (Å²) in [6.07, 6.45) is 0. The number of carbonyl (C=O) groups excluding carboxylic acids is 1. The number of aromatic nitrogens is 2. The third-order valence-electron chi connectivity index (χ3n) is 1.90. The quantitative estimate of drug-likeness (QED) is 0.915. The van der Waals surface area contributed by atoms with Crippen LogP contribution in [0.1, 0.15) is 34.4 Å². The lowest BCUT2D eigenvalue weighted by molar-refractivity contribution is 0.103. The second kappa shape index (κ2) is 4.71. The van der Waals surface area contributed by atoms with E-state index in [1.807, 2.05) is 25.3 Å². The van der Waals surface area contributed by atoms with E-state index in [0.717, 1.165) is 5.01 Å². The molecule has 0 saturated heterocycles. The van der Waals surface area contributed by atoms with Gasteiger partial charge in [0.05, 0.1) is 4.88 Å². The molecule has 0 aliphatic carbocycles. The minimum absolute atomic E-state index is 0.124. The van der Waals surface area contributed by atoms with Crippen LogP contribution in [0.5, 0.6) is 0 Å². The van der Waals surface area contributed by atoms with Crippen LogP contribution >= 0.6 is 22.7 Å². The minimum Gasteiger partial charge on any atom is -0.296 e. The first kappa shape index (κ1) is 11.2. The smallest absolute Gasteiger partial charge is 0.267 e. The molecule has 0 aliphatic rings. The van der Waals surface area contributed by atoms with E-state index in [0.29, 0.717) is 15.9 Å². The van der Waals surface area contributed by atoms with Crippen molar-refractivity contribution in [2.24, 2.45) is 0 Å². The van der Waals surface area contributed by atoms with Crippen molar-refractivity contribution in [3.8, 4) is 0 Å². The lowest BCUT2D eigenvalue weighted by Crippen LogP contribution is -2.09. The number of rotatable bonds is 3. The standard InChI is InChI=1S/C10H11N3OS2/c1-6(2)9-12-13-10(16-9)11-8(14)7-4-3-5-15-7/h3-6H,1-2H3,(H,11,13,14). The van der Waals surface area contributed by atoms with Crippen LogP contribution in [0.4, 0.5) is 5.13 Å². The van der Waals surface area contributed by atoms with Crippen molar-refractivity contribution >= 4 is 33.7 Å². The summed E-state index contributed by atoms with van der Waals surface area (Å²) in [7, 11) is 0. The normalized spacial score (nSPS) is 10.7. The molecule has 0 aliphatic heterocycles. The van der Waals surface area contributed by atoms with Crippen LogP contribution in [0.3, 0.4) is 0 Å². The van der Waals surface area contributed by atoms with Crippen LogP contribution < -0.4 is 5.32 Å². The van der Waals surface area contributed by atoms with Gasteiger partial charge in [-0.15, -0.1) is 21.5 Å². The van der Waals surface area contributed by atoms with Crippen molar-refractivity contribution in [2.45, 2.75) is 19.8 Å². The van der Waals surface area contributed by atoms with Crippen molar-refractivity contribution in [2.75, 3.05) is 5.32 Å². The fourth-order valence-corrected chi connectivity index (χ4v) is 2.44. The number of thiophene rings is 1. The summed E-state index contributed by atoms with van der Waals surface area (Å²) in [5.74, 6) is 0.214. The van der Waals surface area contributed by atoms with Gasteiger partial charge in [-0.1, -0.05) is 31.3 Å². The van der Waals surface area contributed by atoms with Crippen molar-refractivity contribution in [3.63, 3.8) is 0 Å². The molecule has 2 rings (SSSR count). The molecular weight excluding hydrogens is 242 g/mol. The van der Waals surface area contributed by atoms with Gasteiger partial charge in [0.15, 0.2) is 0 Å². The second-order valence-electron chi connectivity index (χ2n) is 3.53. The molecule has 0 radical (unpaired) electrons. The fraction of sp³-hybridized carbons (Fsp3) is 0.300. The molecule has 0 bridgehead atoms. The summed E-state index contributed by atoms with van der Waals surface area (Å²) >= 11 is 2.82. The van der Waals surface area contributed by atoms with Crippen molar-refractivity contribution in [1.29, 1.82) is 0 Å². The van der Waals surface area contributed by atoms with Crippen molar-refractivity contribution in [3.05, 3.63) is 27.4 Å². The second-order valence-corrected chi connectivity index (χ2v) is 5.49. The molecule has 6 heteroatoms. The van der Waals surface area contributed by atoms with Gasteiger partial charge in [-0.05, 0) is 11.4 Å². The summed E-state index contributed by atoms with van der Waals surface area (Å²) in [4.78, 5) is 12.4. The highest BCUT2D eigenvalue weighted by Crippen LogP contribution is 2.23. The maximum atomic E-state index is 11.7. The lowest BCUT2D eigenvalue weighted by atomic mass is 10.2. The van der Waals surface area contributed by atoms with Crippen molar-refractivity contribution in [1.82, 2.24) is 10.2 Å². The summed E-state index contributed by atoms with van der Waals surface area (Å²) in [5, 5.41) is 14.0. The zero-order chi connectivity index (χ0) is 11.5. The van der Waals surface area contributed by atoms with E-state index in [-0.39, 0.29) is 5.91 Å². The van der Waals surface area contributed by atoms with E-state index < -0.39 is 0 Å². The van der Waals surface area contributed by atoms with Crippen molar-refractivity contribution < 1.29 is 4.79 Å². The van der Waals surface area contributed by atoms with Gasteiger partial charge in [-0.3, -0.25) is 10.1 Å². The molecule has 2 heterocycles. The topological polar surface area (TPSA) is 54.9 Å². The van der Waals surface area contributed by atoms with Crippen LogP contribution in [0.15, 0.2) is 17.5 Å². The number of hydrogen-bond acceptors (Lipinski definition) is 5. The molecule has 0 aromatic carbocycles. The largest absolute Gasteiger partial charge is 0.296 e. The Hall–Kier alpha value is -1.27.